The minimum absolute atomic E-state index is 0.228. The molecule has 1 amide bonds. The molecule has 0 saturated carbocycles. The number of carbonyl (C=O) groups is 1. The first-order chi connectivity index (χ1) is 12.0. The number of nitrogens with one attached hydrogen (secondary N) is 3. The van der Waals surface area contributed by atoms with Crippen molar-refractivity contribution >= 4 is 34.9 Å². The molecule has 3 N–H and O–H groups in total. The summed E-state index contributed by atoms with van der Waals surface area (Å²) in [6, 6.07) is 4.61. The Morgan fingerprint density at radius 2 is 2.32 bits per heavy atom. The predicted octanol–water partition coefficient (Wildman–Crippen LogP) is 1.85. The Kier molecular flexibility index (Phi) is 7.20. The van der Waals surface area contributed by atoms with Gasteiger partial charge in [0, 0.05) is 6.54 Å². The minimum Gasteiger partial charge on any atom is -0.474 e. The van der Waals surface area contributed by atoms with Crippen molar-refractivity contribution in [2.24, 2.45) is 0 Å². The van der Waals surface area contributed by atoms with Crippen LogP contribution in [0.1, 0.15) is 6.92 Å². The number of hydrogen-bond donors (Lipinski definition) is 3. The lowest BCUT2D eigenvalue weighted by molar-refractivity contribution is 0.142. The van der Waals surface area contributed by atoms with E-state index in [2.05, 4.69) is 16.0 Å². The van der Waals surface area contributed by atoms with Gasteiger partial charge in [0.05, 0.1) is 31.6 Å². The van der Waals surface area contributed by atoms with Gasteiger partial charge >= 0.3 is 6.09 Å². The second kappa shape index (κ2) is 9.38. The number of rotatable bonds is 8. The topological polar surface area (TPSA) is 74.9 Å². The summed E-state index contributed by atoms with van der Waals surface area (Å²) in [5.41, 5.74) is 0.836. The largest absolute Gasteiger partial charge is 0.474 e. The molecular formula is C16H22FN4O3S-. The first-order valence-electron chi connectivity index (χ1n) is 7.89. The van der Waals surface area contributed by atoms with Gasteiger partial charge in [0.2, 0.25) is 0 Å². The number of amides is 1. The molecule has 1 aliphatic heterocycles. The number of methoxy groups -OCH3 is 1. The van der Waals surface area contributed by atoms with Gasteiger partial charge in [-0.1, -0.05) is 0 Å². The first kappa shape index (κ1) is 19.2. The van der Waals surface area contributed by atoms with Crippen LogP contribution in [0.15, 0.2) is 18.2 Å². The number of thiocarbonyl (C=S) groups is 1. The Morgan fingerprint density at radius 1 is 1.52 bits per heavy atom. The molecule has 0 aliphatic carbocycles. The summed E-state index contributed by atoms with van der Waals surface area (Å²) in [5, 5.41) is 9.08. The maximum Gasteiger partial charge on any atom is 0.414 e. The highest BCUT2D eigenvalue weighted by Gasteiger charge is 2.32. The van der Waals surface area contributed by atoms with Gasteiger partial charge in [0.25, 0.3) is 5.17 Å². The summed E-state index contributed by atoms with van der Waals surface area (Å²) in [5.74, 6) is -0.423. The monoisotopic (exact) mass is 369 g/mol. The minimum atomic E-state index is -0.516. The van der Waals surface area contributed by atoms with Crippen molar-refractivity contribution in [2.45, 2.75) is 13.0 Å². The number of halogens is 1. The van der Waals surface area contributed by atoms with Gasteiger partial charge in [0.15, 0.2) is 0 Å². The molecule has 1 fully saturated rings. The third-order valence-corrected chi connectivity index (χ3v) is 3.90. The fourth-order valence-electron chi connectivity index (χ4n) is 2.34. The number of hydrogen-bond acceptors (Lipinski definition) is 6. The third kappa shape index (κ3) is 5.43. The van der Waals surface area contributed by atoms with E-state index < -0.39 is 18.0 Å². The van der Waals surface area contributed by atoms with Crippen molar-refractivity contribution in [3.8, 4) is 0 Å². The van der Waals surface area contributed by atoms with Crippen LogP contribution in [0.25, 0.3) is 0 Å². The molecule has 1 unspecified atom stereocenters. The summed E-state index contributed by atoms with van der Waals surface area (Å²) in [4.78, 5) is 13.4. The van der Waals surface area contributed by atoms with Crippen molar-refractivity contribution in [1.29, 1.82) is 0 Å². The molecule has 1 aromatic carbocycles. The van der Waals surface area contributed by atoms with E-state index in [1.54, 1.807) is 12.1 Å². The van der Waals surface area contributed by atoms with Crippen molar-refractivity contribution in [1.82, 2.24) is 10.6 Å². The lowest BCUT2D eigenvalue weighted by Crippen LogP contribution is -2.34. The average molecular weight is 369 g/mol. The summed E-state index contributed by atoms with van der Waals surface area (Å²) in [6.07, 6.45) is -0.907. The van der Waals surface area contributed by atoms with Gasteiger partial charge in [-0.05, 0) is 37.0 Å². The predicted molar refractivity (Wildman–Crippen MR) is 98.1 cm³/mol. The van der Waals surface area contributed by atoms with Gasteiger partial charge in [-0.25, -0.2) is 9.18 Å². The van der Waals surface area contributed by atoms with E-state index in [-0.39, 0.29) is 5.17 Å². The Hall–Kier alpha value is -2.13. The average Bonchev–Trinajstić information content (AvgIpc) is 2.98. The number of carbonyl (C=O) groups excluding carboxylic acids is 1. The molecule has 1 heterocycles. The summed E-state index contributed by atoms with van der Waals surface area (Å²) < 4.78 is 24.3. The Labute approximate surface area is 151 Å². The van der Waals surface area contributed by atoms with Crippen LogP contribution in [-0.2, 0) is 9.47 Å². The number of cyclic esters (lactones) is 1. The summed E-state index contributed by atoms with van der Waals surface area (Å²) in [6.45, 7) is 5.62. The number of benzene rings is 1. The molecule has 138 valence electrons. The standard InChI is InChI=1S/C16H22FN4O3S/c1-3-18-6-7-19-14-5-4-11(8-13(14)17)21-10-12(24-16(21)22)9-20-15(25)23-2/h3-5,8,12,18-19H,6-7,9-10H2,1-2H3,(H,20,25)/q-1. The highest BCUT2D eigenvalue weighted by Crippen LogP contribution is 2.25. The molecule has 7 nitrogen and oxygen atoms in total. The quantitative estimate of drug-likeness (QED) is 0.367. The van der Waals surface area contributed by atoms with Gasteiger partial charge < -0.3 is 25.4 Å². The van der Waals surface area contributed by atoms with E-state index in [4.69, 9.17) is 21.7 Å². The molecule has 0 bridgehead atoms. The molecule has 0 radical (unpaired) electrons. The van der Waals surface area contributed by atoms with Crippen molar-refractivity contribution in [3.63, 3.8) is 0 Å². The zero-order chi connectivity index (χ0) is 18.2. The van der Waals surface area contributed by atoms with Crippen LogP contribution in [0.2, 0.25) is 0 Å². The Balaban J connectivity index is 1.93. The second-order valence-corrected chi connectivity index (χ2v) is 5.69. The molecule has 0 spiro atoms. The van der Waals surface area contributed by atoms with Crippen LogP contribution in [0.4, 0.5) is 20.6 Å². The Bertz CT molecular complexity index is 617. The molecule has 1 saturated heterocycles. The first-order valence-corrected chi connectivity index (χ1v) is 8.30. The lowest BCUT2D eigenvalue weighted by Gasteiger charge is -2.16. The number of ether oxygens (including phenoxy) is 2. The highest BCUT2D eigenvalue weighted by atomic mass is 32.1. The van der Waals surface area contributed by atoms with Crippen LogP contribution in [-0.4, -0.2) is 50.7 Å². The molecule has 1 atom stereocenters. The van der Waals surface area contributed by atoms with Crippen LogP contribution < -0.4 is 20.9 Å². The van der Waals surface area contributed by atoms with E-state index in [1.165, 1.54) is 18.1 Å². The zero-order valence-electron chi connectivity index (χ0n) is 14.2. The van der Waals surface area contributed by atoms with Crippen LogP contribution in [0, 0.1) is 12.4 Å². The van der Waals surface area contributed by atoms with Crippen molar-refractivity contribution in [2.75, 3.05) is 43.5 Å². The van der Waals surface area contributed by atoms with Crippen LogP contribution in [0.3, 0.4) is 0 Å². The van der Waals surface area contributed by atoms with E-state index in [0.29, 0.717) is 37.6 Å². The summed E-state index contributed by atoms with van der Waals surface area (Å²) in [7, 11) is 1.46. The van der Waals surface area contributed by atoms with Gasteiger partial charge in [-0.2, -0.15) is 6.92 Å². The highest BCUT2D eigenvalue weighted by molar-refractivity contribution is 7.80. The fourth-order valence-corrected chi connectivity index (χ4v) is 2.42. The van der Waals surface area contributed by atoms with Crippen LogP contribution in [0.5, 0.6) is 0 Å². The molecule has 1 aliphatic rings. The molecule has 2 rings (SSSR count). The molecule has 9 heteroatoms. The number of anilines is 2. The van der Waals surface area contributed by atoms with Crippen LogP contribution >= 0.6 is 12.2 Å². The van der Waals surface area contributed by atoms with Gasteiger partial charge in [0.1, 0.15) is 11.9 Å². The number of nitrogens with zero attached hydrogens (tertiary/aromatic N) is 1. The smallest absolute Gasteiger partial charge is 0.414 e. The van der Waals surface area contributed by atoms with Crippen molar-refractivity contribution in [3.05, 3.63) is 30.6 Å². The molecule has 1 aromatic rings. The fraction of sp³-hybridized carbons (Fsp3) is 0.438. The second-order valence-electron chi connectivity index (χ2n) is 5.32. The van der Waals surface area contributed by atoms with Gasteiger partial charge in [-0.3, -0.25) is 11.4 Å². The van der Waals surface area contributed by atoms with E-state index in [0.717, 1.165) is 0 Å². The summed E-state index contributed by atoms with van der Waals surface area (Å²) >= 11 is 4.87. The SMILES string of the molecule is C[CH-]NCCNc1ccc(N2CC(CNC(=S)OC)OC2=O)cc1F. The Morgan fingerprint density at radius 3 is 3.00 bits per heavy atom. The molecule has 25 heavy (non-hydrogen) atoms. The van der Waals surface area contributed by atoms with E-state index in [9.17, 15) is 9.18 Å². The maximum atomic E-state index is 14.2. The third-order valence-electron chi connectivity index (χ3n) is 3.59. The maximum absolute atomic E-state index is 14.2. The molecule has 0 aromatic heterocycles. The normalized spacial score (nSPS) is 16.5. The van der Waals surface area contributed by atoms with Crippen molar-refractivity contribution < 1.29 is 18.7 Å². The van der Waals surface area contributed by atoms with E-state index in [1.807, 2.05) is 13.5 Å². The van der Waals surface area contributed by atoms with Gasteiger partial charge in [-0.15, -0.1) is 0 Å². The zero-order valence-corrected chi connectivity index (χ0v) is 15.0. The van der Waals surface area contributed by atoms with E-state index >= 15 is 0 Å². The lowest BCUT2D eigenvalue weighted by atomic mass is 10.2. The molecular weight excluding hydrogens is 347 g/mol.